The van der Waals surface area contributed by atoms with Crippen LogP contribution in [0.1, 0.15) is 48.3 Å². The molecule has 1 atom stereocenters. The minimum absolute atomic E-state index is 0.194. The van der Waals surface area contributed by atoms with Crippen molar-refractivity contribution in [3.05, 3.63) is 20.8 Å². The molecule has 15 heavy (non-hydrogen) atoms. The number of ketones is 1. The molecule has 0 radical (unpaired) electrons. The lowest BCUT2D eigenvalue weighted by Gasteiger charge is -2.07. The molecule has 1 aromatic rings. The third-order valence-corrected chi connectivity index (χ3v) is 4.21. The monoisotopic (exact) mass is 244 g/mol. The molecule has 1 aromatic heterocycles. The van der Waals surface area contributed by atoms with Gasteiger partial charge in [0.25, 0.3) is 0 Å². The van der Waals surface area contributed by atoms with Crippen LogP contribution >= 0.6 is 22.9 Å². The van der Waals surface area contributed by atoms with Gasteiger partial charge in [-0.05, 0) is 23.8 Å². The number of hydrogen-bond acceptors (Lipinski definition) is 2. The van der Waals surface area contributed by atoms with Crippen LogP contribution in [0.5, 0.6) is 0 Å². The van der Waals surface area contributed by atoms with Crippen molar-refractivity contribution in [3.63, 3.8) is 0 Å². The quantitative estimate of drug-likeness (QED) is 0.685. The maximum atomic E-state index is 11.9. The van der Waals surface area contributed by atoms with Crippen molar-refractivity contribution in [3.8, 4) is 0 Å². The smallest absolute Gasteiger partial charge is 0.174 e. The molecule has 1 unspecified atom stereocenters. The molecule has 0 N–H and O–H groups in total. The first kappa shape index (κ1) is 12.7. The van der Waals surface area contributed by atoms with Gasteiger partial charge in [0.05, 0.1) is 9.90 Å². The lowest BCUT2D eigenvalue weighted by molar-refractivity contribution is 0.0966. The molecular formula is C12H17ClOS. The zero-order chi connectivity index (χ0) is 11.4. The maximum Gasteiger partial charge on any atom is 0.174 e. The van der Waals surface area contributed by atoms with Crippen LogP contribution in [0.4, 0.5) is 0 Å². The third-order valence-electron chi connectivity index (χ3n) is 2.47. The number of halogens is 1. The Morgan fingerprint density at radius 2 is 2.27 bits per heavy atom. The van der Waals surface area contributed by atoms with Gasteiger partial charge in [0.2, 0.25) is 0 Å². The molecule has 0 fully saturated rings. The lowest BCUT2D eigenvalue weighted by atomic mass is 9.99. The van der Waals surface area contributed by atoms with Crippen molar-refractivity contribution in [1.29, 1.82) is 0 Å². The number of hydrogen-bond donors (Lipinski definition) is 0. The minimum Gasteiger partial charge on any atom is -0.293 e. The largest absolute Gasteiger partial charge is 0.293 e. The van der Waals surface area contributed by atoms with Crippen LogP contribution in [0, 0.1) is 12.8 Å². The second-order valence-corrected chi connectivity index (χ2v) is 5.34. The third kappa shape index (κ3) is 3.32. The summed E-state index contributed by atoms with van der Waals surface area (Å²) in [5, 5.41) is 2.59. The van der Waals surface area contributed by atoms with E-state index in [1.165, 1.54) is 11.3 Å². The van der Waals surface area contributed by atoms with E-state index < -0.39 is 0 Å². The Bertz CT molecular complexity index is 343. The van der Waals surface area contributed by atoms with E-state index in [2.05, 4.69) is 13.8 Å². The van der Waals surface area contributed by atoms with Gasteiger partial charge in [-0.3, -0.25) is 4.79 Å². The number of Topliss-reactive ketones (excluding diaryl/α,β-unsaturated/α-hetero) is 1. The molecule has 0 saturated carbocycles. The van der Waals surface area contributed by atoms with E-state index in [-0.39, 0.29) is 5.78 Å². The summed E-state index contributed by atoms with van der Waals surface area (Å²) < 4.78 is 0. The summed E-state index contributed by atoms with van der Waals surface area (Å²) in [7, 11) is 0. The standard InChI is InChI=1S/C12H17ClOS/c1-4-5-8(2)6-10(14)12-11(13)9(3)7-15-12/h7-8H,4-6H2,1-3H3. The van der Waals surface area contributed by atoms with Crippen molar-refractivity contribution in [2.75, 3.05) is 0 Å². The average molecular weight is 245 g/mol. The highest BCUT2D eigenvalue weighted by atomic mass is 35.5. The first-order valence-electron chi connectivity index (χ1n) is 5.33. The van der Waals surface area contributed by atoms with Crippen LogP contribution in [0.15, 0.2) is 5.38 Å². The number of carbonyl (C=O) groups is 1. The molecule has 0 aromatic carbocycles. The second kappa shape index (κ2) is 5.66. The number of rotatable bonds is 5. The average Bonchev–Trinajstić information content (AvgIpc) is 2.48. The normalized spacial score (nSPS) is 12.8. The highest BCUT2D eigenvalue weighted by Crippen LogP contribution is 2.29. The van der Waals surface area contributed by atoms with E-state index in [1.807, 2.05) is 12.3 Å². The second-order valence-electron chi connectivity index (χ2n) is 4.08. The van der Waals surface area contributed by atoms with E-state index in [4.69, 9.17) is 11.6 Å². The van der Waals surface area contributed by atoms with Crippen LogP contribution in [-0.4, -0.2) is 5.78 Å². The minimum atomic E-state index is 0.194. The Balaban J connectivity index is 2.65. The van der Waals surface area contributed by atoms with E-state index in [0.717, 1.165) is 23.3 Å². The van der Waals surface area contributed by atoms with Gasteiger partial charge in [-0.2, -0.15) is 0 Å². The predicted molar refractivity (Wildman–Crippen MR) is 67.1 cm³/mol. The molecule has 0 aliphatic heterocycles. The molecule has 84 valence electrons. The van der Waals surface area contributed by atoms with Crippen LogP contribution in [0.25, 0.3) is 0 Å². The highest BCUT2D eigenvalue weighted by molar-refractivity contribution is 7.13. The molecule has 0 saturated heterocycles. The Morgan fingerprint density at radius 3 is 2.73 bits per heavy atom. The van der Waals surface area contributed by atoms with Gasteiger partial charge in [0.15, 0.2) is 5.78 Å². The van der Waals surface area contributed by atoms with E-state index in [9.17, 15) is 4.79 Å². The highest BCUT2D eigenvalue weighted by Gasteiger charge is 2.16. The van der Waals surface area contributed by atoms with Crippen molar-refractivity contribution in [1.82, 2.24) is 0 Å². The topological polar surface area (TPSA) is 17.1 Å². The van der Waals surface area contributed by atoms with Gasteiger partial charge in [0, 0.05) is 6.42 Å². The molecule has 0 spiro atoms. The summed E-state index contributed by atoms with van der Waals surface area (Å²) in [6.07, 6.45) is 2.85. The zero-order valence-electron chi connectivity index (χ0n) is 9.47. The van der Waals surface area contributed by atoms with Crippen LogP contribution in [0.2, 0.25) is 5.02 Å². The van der Waals surface area contributed by atoms with Gasteiger partial charge in [-0.25, -0.2) is 0 Å². The van der Waals surface area contributed by atoms with E-state index in [1.54, 1.807) is 0 Å². The summed E-state index contributed by atoms with van der Waals surface area (Å²) in [4.78, 5) is 12.6. The van der Waals surface area contributed by atoms with Gasteiger partial charge >= 0.3 is 0 Å². The zero-order valence-corrected chi connectivity index (χ0v) is 11.0. The van der Waals surface area contributed by atoms with Crippen molar-refractivity contribution >= 4 is 28.7 Å². The maximum absolute atomic E-state index is 11.9. The molecule has 0 aliphatic rings. The van der Waals surface area contributed by atoms with E-state index >= 15 is 0 Å². The molecule has 0 amide bonds. The fourth-order valence-electron chi connectivity index (χ4n) is 1.62. The van der Waals surface area contributed by atoms with Crippen LogP contribution < -0.4 is 0 Å². The number of carbonyl (C=O) groups excluding carboxylic acids is 1. The first-order chi connectivity index (χ1) is 7.06. The Hall–Kier alpha value is -0.340. The molecule has 1 rings (SSSR count). The van der Waals surface area contributed by atoms with Gasteiger partial charge in [-0.15, -0.1) is 11.3 Å². The number of thiophene rings is 1. The first-order valence-corrected chi connectivity index (χ1v) is 6.58. The van der Waals surface area contributed by atoms with Gasteiger partial charge in [-0.1, -0.05) is 38.3 Å². The Kier molecular flexibility index (Phi) is 4.81. The summed E-state index contributed by atoms with van der Waals surface area (Å²) in [6, 6.07) is 0. The van der Waals surface area contributed by atoms with Crippen molar-refractivity contribution < 1.29 is 4.79 Å². The summed E-state index contributed by atoms with van der Waals surface area (Å²) in [6.45, 7) is 6.20. The molecular weight excluding hydrogens is 228 g/mol. The lowest BCUT2D eigenvalue weighted by Crippen LogP contribution is -2.04. The molecule has 3 heteroatoms. The van der Waals surface area contributed by atoms with Crippen LogP contribution in [0.3, 0.4) is 0 Å². The molecule has 0 aliphatic carbocycles. The van der Waals surface area contributed by atoms with E-state index in [0.29, 0.717) is 17.4 Å². The van der Waals surface area contributed by atoms with Gasteiger partial charge in [0.1, 0.15) is 0 Å². The van der Waals surface area contributed by atoms with Gasteiger partial charge < -0.3 is 0 Å². The number of aryl methyl sites for hydroxylation is 1. The molecule has 1 nitrogen and oxygen atoms in total. The van der Waals surface area contributed by atoms with Crippen molar-refractivity contribution in [2.45, 2.75) is 40.0 Å². The van der Waals surface area contributed by atoms with Crippen molar-refractivity contribution in [2.24, 2.45) is 5.92 Å². The Morgan fingerprint density at radius 1 is 1.60 bits per heavy atom. The summed E-state index contributed by atoms with van der Waals surface area (Å²) in [5.41, 5.74) is 1.01. The Labute approximate surface area is 100 Å². The fraction of sp³-hybridized carbons (Fsp3) is 0.583. The summed E-state index contributed by atoms with van der Waals surface area (Å²) in [5.74, 6) is 0.653. The predicted octanol–water partition coefficient (Wildman–Crippen LogP) is 4.72. The van der Waals surface area contributed by atoms with Crippen LogP contribution in [-0.2, 0) is 0 Å². The molecule has 1 heterocycles. The fourth-order valence-corrected chi connectivity index (χ4v) is 2.87. The molecule has 0 bridgehead atoms. The summed E-state index contributed by atoms with van der Waals surface area (Å²) >= 11 is 7.52. The SMILES string of the molecule is CCCC(C)CC(=O)c1scc(C)c1Cl.